The van der Waals surface area contributed by atoms with Crippen molar-refractivity contribution >= 4 is 5.78 Å². The Morgan fingerprint density at radius 2 is 1.76 bits per heavy atom. The molecule has 1 heterocycles. The lowest BCUT2D eigenvalue weighted by Crippen LogP contribution is -2.23. The molecule has 0 amide bonds. The predicted octanol–water partition coefficient (Wildman–Crippen LogP) is 4.08. The zero-order valence-electron chi connectivity index (χ0n) is 12.6. The minimum absolute atomic E-state index is 0.0983. The van der Waals surface area contributed by atoms with Gasteiger partial charge in [0.05, 0.1) is 18.5 Å². The number of hydrogen-bond acceptors (Lipinski definition) is 3. The summed E-state index contributed by atoms with van der Waals surface area (Å²) in [6.07, 6.45) is 0.880. The molecule has 2 atom stereocenters. The fraction of sp³-hybridized carbons (Fsp3) is 0.333. The van der Waals surface area contributed by atoms with Crippen LogP contribution in [0.4, 0.5) is 0 Å². The average molecular weight is 281 g/mol. The van der Waals surface area contributed by atoms with Gasteiger partial charge in [0.15, 0.2) is 5.78 Å². The van der Waals surface area contributed by atoms with Crippen LogP contribution in [0.5, 0.6) is 5.75 Å². The minimum atomic E-state index is 0.0983. The molecule has 21 heavy (non-hydrogen) atoms. The number of ether oxygens (including phenoxy) is 1. The van der Waals surface area contributed by atoms with Crippen LogP contribution in [-0.4, -0.2) is 17.9 Å². The molecule has 3 nitrogen and oxygen atoms in total. The zero-order chi connectivity index (χ0) is 15.0. The molecule has 1 aromatic heterocycles. The van der Waals surface area contributed by atoms with Gasteiger partial charge in [0, 0.05) is 17.0 Å². The Morgan fingerprint density at radius 1 is 1.05 bits per heavy atom. The van der Waals surface area contributed by atoms with Crippen LogP contribution in [0, 0.1) is 5.92 Å². The number of carbonyl (C=O) groups excluding carboxylic acids is 1. The first-order valence-corrected chi connectivity index (χ1v) is 7.29. The van der Waals surface area contributed by atoms with E-state index in [1.807, 2.05) is 43.3 Å². The third-order valence-corrected chi connectivity index (χ3v) is 4.20. The van der Waals surface area contributed by atoms with Gasteiger partial charge >= 0.3 is 0 Å². The molecule has 1 aromatic carbocycles. The number of benzene rings is 1. The number of hydrogen-bond donors (Lipinski definition) is 0. The molecule has 0 saturated heterocycles. The van der Waals surface area contributed by atoms with Gasteiger partial charge in [-0.1, -0.05) is 13.8 Å². The van der Waals surface area contributed by atoms with Crippen molar-refractivity contribution in [3.05, 3.63) is 47.7 Å². The van der Waals surface area contributed by atoms with Gasteiger partial charge in [0.25, 0.3) is 0 Å². The monoisotopic (exact) mass is 281 g/mol. The molecule has 1 aliphatic rings. The van der Waals surface area contributed by atoms with E-state index in [1.165, 1.54) is 0 Å². The van der Waals surface area contributed by atoms with Crippen molar-refractivity contribution < 1.29 is 9.53 Å². The molecule has 0 radical (unpaired) electrons. The summed E-state index contributed by atoms with van der Waals surface area (Å²) < 4.78 is 5.17. The molecule has 0 bridgehead atoms. The lowest BCUT2D eigenvalue weighted by Gasteiger charge is -2.25. The van der Waals surface area contributed by atoms with E-state index in [9.17, 15) is 4.79 Å². The second kappa shape index (κ2) is 5.32. The van der Waals surface area contributed by atoms with Gasteiger partial charge < -0.3 is 4.74 Å². The molecule has 0 N–H and O–H groups in total. The highest BCUT2D eigenvalue weighted by atomic mass is 16.5. The highest BCUT2D eigenvalue weighted by molar-refractivity contribution is 6.00. The third-order valence-electron chi connectivity index (χ3n) is 4.20. The number of nitrogens with zero attached hydrogens (tertiary/aromatic N) is 1. The molecular weight excluding hydrogens is 262 g/mol. The predicted molar refractivity (Wildman–Crippen MR) is 82.8 cm³/mol. The molecule has 0 aliphatic heterocycles. The SMILES string of the molecule is COc1ccc(-c2ccc3c(n2)C(C)CC(C)C3=O)cc1. The summed E-state index contributed by atoms with van der Waals surface area (Å²) in [7, 11) is 1.65. The van der Waals surface area contributed by atoms with Gasteiger partial charge in [-0.25, -0.2) is 0 Å². The largest absolute Gasteiger partial charge is 0.497 e. The van der Waals surface area contributed by atoms with E-state index >= 15 is 0 Å². The van der Waals surface area contributed by atoms with Crippen molar-refractivity contribution in [2.45, 2.75) is 26.2 Å². The van der Waals surface area contributed by atoms with Gasteiger partial charge in [-0.3, -0.25) is 9.78 Å². The molecule has 0 saturated carbocycles. The molecule has 2 aromatic rings. The molecule has 3 heteroatoms. The lowest BCUT2D eigenvalue weighted by atomic mass is 9.80. The van der Waals surface area contributed by atoms with Gasteiger partial charge in [-0.2, -0.15) is 0 Å². The Balaban J connectivity index is 2.02. The standard InChI is InChI=1S/C18H19NO2/c1-11-10-12(2)18(20)15-8-9-16(19-17(11)15)13-4-6-14(21-3)7-5-13/h4-9,11-12H,10H2,1-3H3. The summed E-state index contributed by atoms with van der Waals surface area (Å²) >= 11 is 0. The van der Waals surface area contributed by atoms with Crippen LogP contribution in [0.15, 0.2) is 36.4 Å². The lowest BCUT2D eigenvalue weighted by molar-refractivity contribution is 0.0905. The normalized spacial score (nSPS) is 21.0. The number of fused-ring (bicyclic) bond motifs is 1. The van der Waals surface area contributed by atoms with Crippen LogP contribution in [0.25, 0.3) is 11.3 Å². The summed E-state index contributed by atoms with van der Waals surface area (Å²) in [5.74, 6) is 1.47. The van der Waals surface area contributed by atoms with Gasteiger partial charge in [0.2, 0.25) is 0 Å². The highest BCUT2D eigenvalue weighted by Crippen LogP contribution is 2.34. The van der Waals surface area contributed by atoms with Crippen molar-refractivity contribution in [1.29, 1.82) is 0 Å². The van der Waals surface area contributed by atoms with Gasteiger partial charge in [-0.05, 0) is 48.7 Å². The van der Waals surface area contributed by atoms with E-state index in [2.05, 4.69) is 6.92 Å². The first-order chi connectivity index (χ1) is 10.1. The Morgan fingerprint density at radius 3 is 2.43 bits per heavy atom. The van der Waals surface area contributed by atoms with Gasteiger partial charge in [-0.15, -0.1) is 0 Å². The average Bonchev–Trinajstić information content (AvgIpc) is 2.52. The molecular formula is C18H19NO2. The Labute approximate surface area is 125 Å². The molecule has 1 aliphatic carbocycles. The topological polar surface area (TPSA) is 39.2 Å². The molecule has 2 unspecified atom stereocenters. The molecule has 3 rings (SSSR count). The maximum absolute atomic E-state index is 12.2. The third kappa shape index (κ3) is 2.44. The number of methoxy groups -OCH3 is 1. The zero-order valence-corrected chi connectivity index (χ0v) is 12.6. The van der Waals surface area contributed by atoms with Crippen molar-refractivity contribution in [3.8, 4) is 17.0 Å². The van der Waals surface area contributed by atoms with E-state index < -0.39 is 0 Å². The maximum atomic E-state index is 12.2. The second-order valence-corrected chi connectivity index (χ2v) is 5.76. The second-order valence-electron chi connectivity index (χ2n) is 5.76. The van der Waals surface area contributed by atoms with Crippen molar-refractivity contribution in [2.75, 3.05) is 7.11 Å². The highest BCUT2D eigenvalue weighted by Gasteiger charge is 2.29. The van der Waals surface area contributed by atoms with Crippen LogP contribution < -0.4 is 4.74 Å². The van der Waals surface area contributed by atoms with Crippen molar-refractivity contribution in [2.24, 2.45) is 5.92 Å². The molecule has 0 fully saturated rings. The van der Waals surface area contributed by atoms with E-state index in [0.29, 0.717) is 5.92 Å². The Bertz CT molecular complexity index is 676. The summed E-state index contributed by atoms with van der Waals surface area (Å²) in [4.78, 5) is 17.0. The summed E-state index contributed by atoms with van der Waals surface area (Å²) in [5, 5.41) is 0. The minimum Gasteiger partial charge on any atom is -0.497 e. The number of rotatable bonds is 2. The van der Waals surface area contributed by atoms with E-state index in [1.54, 1.807) is 7.11 Å². The van der Waals surface area contributed by atoms with Gasteiger partial charge in [0.1, 0.15) is 5.75 Å². The number of Topliss-reactive ketones (excluding diaryl/α,β-unsaturated/α-hetero) is 1. The van der Waals surface area contributed by atoms with E-state index in [0.717, 1.165) is 34.7 Å². The smallest absolute Gasteiger partial charge is 0.167 e. The number of pyridine rings is 1. The molecule has 108 valence electrons. The molecule has 0 spiro atoms. The quantitative estimate of drug-likeness (QED) is 0.832. The Hall–Kier alpha value is -2.16. The Kier molecular flexibility index (Phi) is 3.50. The fourth-order valence-corrected chi connectivity index (χ4v) is 3.00. The first-order valence-electron chi connectivity index (χ1n) is 7.29. The van der Waals surface area contributed by atoms with Crippen LogP contribution in [0.1, 0.15) is 42.2 Å². The van der Waals surface area contributed by atoms with Crippen LogP contribution in [0.3, 0.4) is 0 Å². The van der Waals surface area contributed by atoms with Crippen LogP contribution in [-0.2, 0) is 0 Å². The van der Waals surface area contributed by atoms with Crippen LogP contribution >= 0.6 is 0 Å². The van der Waals surface area contributed by atoms with E-state index in [-0.39, 0.29) is 11.7 Å². The first kappa shape index (κ1) is 13.8. The summed E-state index contributed by atoms with van der Waals surface area (Å²) in [6.45, 7) is 4.14. The number of ketones is 1. The number of aromatic nitrogens is 1. The fourth-order valence-electron chi connectivity index (χ4n) is 3.00. The summed E-state index contributed by atoms with van der Waals surface area (Å²) in [5.41, 5.74) is 3.67. The van der Waals surface area contributed by atoms with E-state index in [4.69, 9.17) is 9.72 Å². The maximum Gasteiger partial charge on any atom is 0.167 e. The summed E-state index contributed by atoms with van der Waals surface area (Å²) in [6, 6.07) is 11.7. The van der Waals surface area contributed by atoms with Crippen molar-refractivity contribution in [1.82, 2.24) is 4.98 Å². The van der Waals surface area contributed by atoms with Crippen LogP contribution in [0.2, 0.25) is 0 Å². The van der Waals surface area contributed by atoms with Crippen molar-refractivity contribution in [3.63, 3.8) is 0 Å². The number of carbonyl (C=O) groups is 1.